The van der Waals surface area contributed by atoms with Crippen molar-refractivity contribution in [1.29, 1.82) is 0 Å². The van der Waals surface area contributed by atoms with Crippen LogP contribution in [0, 0.1) is 0 Å². The van der Waals surface area contributed by atoms with E-state index in [0.717, 1.165) is 0 Å². The molecule has 0 fully saturated rings. The second kappa shape index (κ2) is 2.51. The van der Waals surface area contributed by atoms with Crippen molar-refractivity contribution < 1.29 is 10.2 Å². The van der Waals surface area contributed by atoms with Crippen molar-refractivity contribution in [3.05, 3.63) is 11.8 Å². The Morgan fingerprint density at radius 2 is 2.20 bits per heavy atom. The van der Waals surface area contributed by atoms with Crippen LogP contribution in [-0.2, 0) is 6.42 Å². The van der Waals surface area contributed by atoms with Crippen molar-refractivity contribution in [1.82, 2.24) is 10.2 Å². The summed E-state index contributed by atoms with van der Waals surface area (Å²) in [5.74, 6) is -0.572. The molecule has 2 N–H and O–H groups in total. The van der Waals surface area contributed by atoms with Gasteiger partial charge in [-0.05, 0) is 6.42 Å². The van der Waals surface area contributed by atoms with Crippen LogP contribution < -0.4 is 0 Å². The van der Waals surface area contributed by atoms with Crippen LogP contribution in [0.25, 0.3) is 0 Å². The first-order chi connectivity index (χ1) is 4.75. The van der Waals surface area contributed by atoms with Gasteiger partial charge < -0.3 is 10.2 Å². The summed E-state index contributed by atoms with van der Waals surface area (Å²) < 4.78 is 0. The van der Waals surface area contributed by atoms with Crippen molar-refractivity contribution >= 4 is 0 Å². The second-order valence-corrected chi connectivity index (χ2v) is 1.90. The minimum Gasteiger partial charge on any atom is -0.503 e. The number of hydrogen-bond donors (Lipinski definition) is 2. The molecule has 0 aromatic carbocycles. The summed E-state index contributed by atoms with van der Waals surface area (Å²) in [5, 5.41) is 24.6. The maximum atomic E-state index is 9.05. The molecule has 0 aliphatic carbocycles. The van der Waals surface area contributed by atoms with Crippen LogP contribution >= 0.6 is 0 Å². The van der Waals surface area contributed by atoms with Crippen LogP contribution in [0.5, 0.6) is 11.6 Å². The molecule has 0 atom stereocenters. The zero-order chi connectivity index (χ0) is 7.56. The first-order valence-corrected chi connectivity index (χ1v) is 2.98. The average molecular weight is 140 g/mol. The lowest BCUT2D eigenvalue weighted by Crippen LogP contribution is -1.87. The van der Waals surface area contributed by atoms with Crippen molar-refractivity contribution in [3.8, 4) is 11.6 Å². The molecule has 0 spiro atoms. The first-order valence-electron chi connectivity index (χ1n) is 2.98. The molecule has 0 unspecified atom stereocenters. The van der Waals surface area contributed by atoms with E-state index in [1.165, 1.54) is 6.20 Å². The molecule has 0 aliphatic rings. The summed E-state index contributed by atoms with van der Waals surface area (Å²) >= 11 is 0. The predicted octanol–water partition coefficient (Wildman–Crippen LogP) is 0.450. The molecule has 54 valence electrons. The summed E-state index contributed by atoms with van der Waals surface area (Å²) in [6.45, 7) is 1.86. The Morgan fingerprint density at radius 1 is 1.50 bits per heavy atom. The molecule has 0 bridgehead atoms. The molecule has 4 heteroatoms. The van der Waals surface area contributed by atoms with E-state index in [1.54, 1.807) is 0 Å². The Kier molecular flexibility index (Phi) is 1.71. The Labute approximate surface area is 58.2 Å². The van der Waals surface area contributed by atoms with Crippen LogP contribution in [0.15, 0.2) is 6.20 Å². The van der Waals surface area contributed by atoms with Crippen molar-refractivity contribution in [2.75, 3.05) is 0 Å². The van der Waals surface area contributed by atoms with E-state index in [2.05, 4.69) is 10.2 Å². The molecule has 1 heterocycles. The average Bonchev–Trinajstić information content (AvgIpc) is 1.95. The van der Waals surface area contributed by atoms with Crippen molar-refractivity contribution in [3.63, 3.8) is 0 Å². The number of rotatable bonds is 1. The van der Waals surface area contributed by atoms with Gasteiger partial charge in [0, 0.05) is 5.56 Å². The summed E-state index contributed by atoms with van der Waals surface area (Å²) in [6, 6.07) is 0. The minimum absolute atomic E-state index is 0.169. The standard InChI is InChI=1S/C6H8N2O2/c1-2-4-3-7-8-6(10)5(4)9/h3H,2H2,1H3,(H,7,9)(H,8,10). The van der Waals surface area contributed by atoms with Gasteiger partial charge in [0.15, 0.2) is 5.75 Å². The molecule has 10 heavy (non-hydrogen) atoms. The summed E-state index contributed by atoms with van der Waals surface area (Å²) in [7, 11) is 0. The molecule has 0 saturated carbocycles. The van der Waals surface area contributed by atoms with Gasteiger partial charge in [-0.2, -0.15) is 5.10 Å². The van der Waals surface area contributed by atoms with Crippen LogP contribution in [0.1, 0.15) is 12.5 Å². The van der Waals surface area contributed by atoms with E-state index in [9.17, 15) is 0 Å². The van der Waals surface area contributed by atoms with Gasteiger partial charge in [-0.3, -0.25) is 0 Å². The van der Waals surface area contributed by atoms with Gasteiger partial charge in [-0.25, -0.2) is 0 Å². The Morgan fingerprint density at radius 3 is 2.70 bits per heavy atom. The Bertz CT molecular complexity index is 237. The molecular formula is C6H8N2O2. The van der Waals surface area contributed by atoms with Crippen LogP contribution in [-0.4, -0.2) is 20.4 Å². The number of aryl methyl sites for hydroxylation is 1. The topological polar surface area (TPSA) is 66.2 Å². The fraction of sp³-hybridized carbons (Fsp3) is 0.333. The highest BCUT2D eigenvalue weighted by atomic mass is 16.3. The Hall–Kier alpha value is -1.32. The predicted molar refractivity (Wildman–Crippen MR) is 34.7 cm³/mol. The summed E-state index contributed by atoms with van der Waals surface area (Å²) in [6.07, 6.45) is 2.06. The quantitative estimate of drug-likeness (QED) is 0.594. The van der Waals surface area contributed by atoms with Gasteiger partial charge >= 0.3 is 0 Å². The maximum absolute atomic E-state index is 9.05. The molecular weight excluding hydrogens is 132 g/mol. The molecule has 0 amide bonds. The molecule has 1 aromatic heterocycles. The number of aromatic hydroxyl groups is 2. The zero-order valence-corrected chi connectivity index (χ0v) is 5.57. The normalized spacial score (nSPS) is 9.70. The number of aromatic nitrogens is 2. The molecule has 0 radical (unpaired) electrons. The lowest BCUT2D eigenvalue weighted by atomic mass is 10.2. The van der Waals surface area contributed by atoms with E-state index in [-0.39, 0.29) is 5.75 Å². The van der Waals surface area contributed by atoms with E-state index in [1.807, 2.05) is 6.92 Å². The first kappa shape index (κ1) is 6.80. The van der Waals surface area contributed by atoms with E-state index >= 15 is 0 Å². The number of nitrogens with zero attached hydrogens (tertiary/aromatic N) is 2. The third-order valence-corrected chi connectivity index (χ3v) is 1.26. The van der Waals surface area contributed by atoms with Crippen molar-refractivity contribution in [2.45, 2.75) is 13.3 Å². The van der Waals surface area contributed by atoms with Crippen LogP contribution in [0.4, 0.5) is 0 Å². The fourth-order valence-electron chi connectivity index (χ4n) is 0.664. The monoisotopic (exact) mass is 140 g/mol. The van der Waals surface area contributed by atoms with Gasteiger partial charge in [0.05, 0.1) is 6.20 Å². The lowest BCUT2D eigenvalue weighted by molar-refractivity contribution is 0.378. The van der Waals surface area contributed by atoms with Gasteiger partial charge in [0.2, 0.25) is 0 Å². The molecule has 0 aliphatic heterocycles. The zero-order valence-electron chi connectivity index (χ0n) is 5.57. The van der Waals surface area contributed by atoms with Crippen molar-refractivity contribution in [2.24, 2.45) is 0 Å². The highest BCUT2D eigenvalue weighted by molar-refractivity contribution is 5.36. The van der Waals surface area contributed by atoms with E-state index < -0.39 is 5.88 Å². The summed E-state index contributed by atoms with van der Waals surface area (Å²) in [4.78, 5) is 0. The van der Waals surface area contributed by atoms with Gasteiger partial charge in [0.1, 0.15) is 0 Å². The third kappa shape index (κ3) is 1.00. The third-order valence-electron chi connectivity index (χ3n) is 1.26. The van der Waals surface area contributed by atoms with E-state index in [0.29, 0.717) is 12.0 Å². The maximum Gasteiger partial charge on any atom is 0.273 e. The summed E-state index contributed by atoms with van der Waals surface area (Å²) in [5.41, 5.74) is 0.604. The minimum atomic E-state index is -0.403. The van der Waals surface area contributed by atoms with Gasteiger partial charge in [-0.15, -0.1) is 5.10 Å². The fourth-order valence-corrected chi connectivity index (χ4v) is 0.664. The van der Waals surface area contributed by atoms with Gasteiger partial charge in [-0.1, -0.05) is 6.92 Å². The lowest BCUT2D eigenvalue weighted by Gasteiger charge is -1.98. The molecule has 1 rings (SSSR count). The largest absolute Gasteiger partial charge is 0.503 e. The molecule has 4 nitrogen and oxygen atoms in total. The highest BCUT2D eigenvalue weighted by Crippen LogP contribution is 2.24. The van der Waals surface area contributed by atoms with E-state index in [4.69, 9.17) is 10.2 Å². The van der Waals surface area contributed by atoms with Crippen LogP contribution in [0.2, 0.25) is 0 Å². The molecule has 0 saturated heterocycles. The second-order valence-electron chi connectivity index (χ2n) is 1.90. The Balaban J connectivity index is 3.14. The number of hydrogen-bond acceptors (Lipinski definition) is 4. The SMILES string of the molecule is CCc1cnnc(O)c1O. The molecule has 1 aromatic rings. The highest BCUT2D eigenvalue weighted by Gasteiger charge is 2.04. The van der Waals surface area contributed by atoms with Gasteiger partial charge in [0.25, 0.3) is 5.88 Å². The van der Waals surface area contributed by atoms with Crippen LogP contribution in [0.3, 0.4) is 0 Å². The smallest absolute Gasteiger partial charge is 0.273 e.